The molecule has 0 bridgehead atoms. The molecule has 21 heavy (non-hydrogen) atoms. The van der Waals surface area contributed by atoms with E-state index in [0.29, 0.717) is 25.5 Å². The fourth-order valence-corrected chi connectivity index (χ4v) is 3.15. The summed E-state index contributed by atoms with van der Waals surface area (Å²) in [6.07, 6.45) is 0. The Bertz CT molecular complexity index is 698. The zero-order valence-corrected chi connectivity index (χ0v) is 13.2. The molecule has 0 spiro atoms. The minimum Gasteiger partial charge on any atom is -0.409 e. The number of nitrogens with zero attached hydrogens (tertiary/aromatic N) is 2. The minimum absolute atomic E-state index is 0.00295. The van der Waals surface area contributed by atoms with Gasteiger partial charge in [-0.3, -0.25) is 4.79 Å². The number of hydrogen-bond acceptors (Lipinski definition) is 4. The van der Waals surface area contributed by atoms with E-state index in [1.54, 1.807) is 31.3 Å². The first-order valence-electron chi connectivity index (χ1n) is 5.75. The first kappa shape index (κ1) is 15.6. The predicted octanol–water partition coefficient (Wildman–Crippen LogP) is 3.43. The van der Waals surface area contributed by atoms with Gasteiger partial charge in [0.15, 0.2) is 5.84 Å². The van der Waals surface area contributed by atoms with Crippen LogP contribution in [0, 0.1) is 0 Å². The van der Waals surface area contributed by atoms with Crippen molar-refractivity contribution < 1.29 is 10.0 Å². The van der Waals surface area contributed by atoms with Gasteiger partial charge in [-0.2, -0.15) is 0 Å². The Labute approximate surface area is 135 Å². The second-order valence-corrected chi connectivity index (χ2v) is 6.42. The van der Waals surface area contributed by atoms with E-state index < -0.39 is 0 Å². The fourth-order valence-electron chi connectivity index (χ4n) is 1.70. The Morgan fingerprint density at radius 1 is 1.33 bits per heavy atom. The molecule has 2 aromatic rings. The molecular formula is C13H11Cl2N3O2S. The number of amides is 1. The van der Waals surface area contributed by atoms with Crippen molar-refractivity contribution in [3.05, 3.63) is 50.1 Å². The lowest BCUT2D eigenvalue weighted by Gasteiger charge is -2.17. The number of oxime groups is 1. The van der Waals surface area contributed by atoms with Gasteiger partial charge in [0, 0.05) is 18.3 Å². The van der Waals surface area contributed by atoms with E-state index >= 15 is 0 Å². The van der Waals surface area contributed by atoms with Crippen molar-refractivity contribution in [3.8, 4) is 0 Å². The van der Waals surface area contributed by atoms with Gasteiger partial charge in [-0.25, -0.2) is 0 Å². The largest absolute Gasteiger partial charge is 0.409 e. The number of carbonyl (C=O) groups is 1. The van der Waals surface area contributed by atoms with Crippen LogP contribution >= 0.6 is 34.5 Å². The highest BCUT2D eigenvalue weighted by Crippen LogP contribution is 2.32. The Balaban J connectivity index is 2.25. The minimum atomic E-state index is -0.264. The third-order valence-corrected chi connectivity index (χ3v) is 4.34. The lowest BCUT2D eigenvalue weighted by Crippen LogP contribution is -2.26. The number of carbonyl (C=O) groups excluding carboxylic acids is 1. The van der Waals surface area contributed by atoms with Gasteiger partial charge in [0.05, 0.1) is 9.90 Å². The molecule has 8 heteroatoms. The lowest BCUT2D eigenvalue weighted by atomic mass is 10.1. The number of halogens is 2. The monoisotopic (exact) mass is 343 g/mol. The molecule has 0 aliphatic heterocycles. The summed E-state index contributed by atoms with van der Waals surface area (Å²) in [5, 5.41) is 11.5. The number of rotatable bonds is 3. The number of hydrogen-bond donors (Lipinski definition) is 2. The first-order valence-corrected chi connectivity index (χ1v) is 7.32. The Morgan fingerprint density at radius 3 is 2.43 bits per heavy atom. The van der Waals surface area contributed by atoms with Crippen molar-refractivity contribution in [1.29, 1.82) is 0 Å². The Morgan fingerprint density at radius 2 is 1.95 bits per heavy atom. The Hall–Kier alpha value is -1.76. The molecule has 1 aromatic heterocycles. The van der Waals surface area contributed by atoms with Crippen LogP contribution in [0.15, 0.2) is 35.5 Å². The van der Waals surface area contributed by atoms with E-state index in [2.05, 4.69) is 5.16 Å². The second-order valence-electron chi connectivity index (χ2n) is 4.13. The van der Waals surface area contributed by atoms with Gasteiger partial charge in [-0.15, -0.1) is 11.3 Å². The number of amidine groups is 1. The van der Waals surface area contributed by atoms with Crippen molar-refractivity contribution in [1.82, 2.24) is 0 Å². The van der Waals surface area contributed by atoms with Crippen LogP contribution < -0.4 is 10.6 Å². The molecule has 5 nitrogen and oxygen atoms in total. The summed E-state index contributed by atoms with van der Waals surface area (Å²) in [6.45, 7) is 0. The van der Waals surface area contributed by atoms with E-state index in [1.165, 1.54) is 11.0 Å². The normalized spacial score (nSPS) is 11.5. The highest BCUT2D eigenvalue weighted by molar-refractivity contribution is 7.20. The zero-order chi connectivity index (χ0) is 15.6. The van der Waals surface area contributed by atoms with Gasteiger partial charge < -0.3 is 15.8 Å². The van der Waals surface area contributed by atoms with Crippen molar-refractivity contribution >= 4 is 52.0 Å². The maximum atomic E-state index is 12.4. The molecule has 0 aliphatic rings. The molecule has 0 radical (unpaired) electrons. The maximum absolute atomic E-state index is 12.4. The van der Waals surface area contributed by atoms with Gasteiger partial charge in [-0.1, -0.05) is 28.4 Å². The average Bonchev–Trinajstić information content (AvgIpc) is 2.83. The molecule has 0 unspecified atom stereocenters. The van der Waals surface area contributed by atoms with E-state index in [-0.39, 0.29) is 11.7 Å². The van der Waals surface area contributed by atoms with Crippen LogP contribution in [0.1, 0.15) is 15.9 Å². The molecular weight excluding hydrogens is 333 g/mol. The first-order chi connectivity index (χ1) is 9.93. The SMILES string of the molecule is CN(C(=O)c1cc(Cl)sc1Cl)c1ccc(/C(N)=N/O)cc1. The molecule has 1 aromatic carbocycles. The van der Waals surface area contributed by atoms with Crippen molar-refractivity contribution in [3.63, 3.8) is 0 Å². The summed E-state index contributed by atoms with van der Waals surface area (Å²) in [4.78, 5) is 13.8. The number of nitrogens with two attached hydrogens (primary N) is 1. The van der Waals surface area contributed by atoms with Crippen LogP contribution in [0.3, 0.4) is 0 Å². The van der Waals surface area contributed by atoms with E-state index in [4.69, 9.17) is 34.1 Å². The van der Waals surface area contributed by atoms with Crippen LogP contribution in [0.25, 0.3) is 0 Å². The van der Waals surface area contributed by atoms with Gasteiger partial charge >= 0.3 is 0 Å². The third-order valence-electron chi connectivity index (χ3n) is 2.85. The maximum Gasteiger partial charge on any atom is 0.260 e. The highest BCUT2D eigenvalue weighted by atomic mass is 35.5. The molecule has 1 heterocycles. The van der Waals surface area contributed by atoms with E-state index in [9.17, 15) is 4.79 Å². The molecule has 2 rings (SSSR count). The van der Waals surface area contributed by atoms with E-state index in [1.807, 2.05) is 0 Å². The molecule has 0 aliphatic carbocycles. The van der Waals surface area contributed by atoms with Crippen LogP contribution in [0.2, 0.25) is 8.67 Å². The average molecular weight is 344 g/mol. The summed E-state index contributed by atoms with van der Waals surface area (Å²) in [5.41, 5.74) is 7.04. The summed E-state index contributed by atoms with van der Waals surface area (Å²) < 4.78 is 0.809. The van der Waals surface area contributed by atoms with Crippen molar-refractivity contribution in [2.24, 2.45) is 10.9 Å². The number of benzene rings is 1. The molecule has 110 valence electrons. The van der Waals surface area contributed by atoms with Gasteiger partial charge in [0.2, 0.25) is 0 Å². The molecule has 0 fully saturated rings. The van der Waals surface area contributed by atoms with Crippen molar-refractivity contribution in [2.75, 3.05) is 11.9 Å². The second kappa shape index (κ2) is 6.34. The summed E-state index contributed by atoms with van der Waals surface area (Å²) >= 11 is 13.0. The van der Waals surface area contributed by atoms with Crippen molar-refractivity contribution in [2.45, 2.75) is 0 Å². The molecule has 0 saturated carbocycles. The van der Waals surface area contributed by atoms with Crippen LogP contribution in [-0.4, -0.2) is 24.0 Å². The quantitative estimate of drug-likeness (QED) is 0.388. The molecule has 3 N–H and O–H groups in total. The molecule has 0 atom stereocenters. The summed E-state index contributed by atoms with van der Waals surface area (Å²) in [5.74, 6) is -0.261. The molecule has 1 amide bonds. The summed E-state index contributed by atoms with van der Waals surface area (Å²) in [7, 11) is 1.63. The third kappa shape index (κ3) is 3.29. The van der Waals surface area contributed by atoms with E-state index in [0.717, 1.165) is 11.3 Å². The number of thiophene rings is 1. The van der Waals surface area contributed by atoms with Crippen LogP contribution in [0.5, 0.6) is 0 Å². The van der Waals surface area contributed by atoms with Crippen LogP contribution in [0.4, 0.5) is 5.69 Å². The highest BCUT2D eigenvalue weighted by Gasteiger charge is 2.19. The number of anilines is 1. The fraction of sp³-hybridized carbons (Fsp3) is 0.0769. The van der Waals surface area contributed by atoms with Gasteiger partial charge in [0.25, 0.3) is 5.91 Å². The lowest BCUT2D eigenvalue weighted by molar-refractivity contribution is 0.0993. The zero-order valence-electron chi connectivity index (χ0n) is 10.9. The predicted molar refractivity (Wildman–Crippen MR) is 86.0 cm³/mol. The smallest absolute Gasteiger partial charge is 0.260 e. The Kier molecular flexibility index (Phi) is 4.72. The standard InChI is InChI=1S/C13H11Cl2N3O2S/c1-18(13(19)9-6-10(14)21-11(9)15)8-4-2-7(3-5-8)12(16)17-20/h2-6,20H,1H3,(H2,16,17). The molecule has 0 saturated heterocycles. The van der Waals surface area contributed by atoms with Gasteiger partial charge in [0.1, 0.15) is 4.34 Å². The topological polar surface area (TPSA) is 78.9 Å². The van der Waals surface area contributed by atoms with Gasteiger partial charge in [-0.05, 0) is 30.3 Å². The van der Waals surface area contributed by atoms with Crippen LogP contribution in [-0.2, 0) is 0 Å². The summed E-state index contributed by atoms with van der Waals surface area (Å²) in [6, 6.07) is 8.21.